The van der Waals surface area contributed by atoms with Crippen LogP contribution in [0.2, 0.25) is 0 Å². The van der Waals surface area contributed by atoms with E-state index in [0.717, 1.165) is 19.3 Å². The number of rotatable bonds is 1. The van der Waals surface area contributed by atoms with Crippen LogP contribution in [0.25, 0.3) is 0 Å². The van der Waals surface area contributed by atoms with E-state index in [0.29, 0.717) is 6.42 Å². The number of hydrogen-bond acceptors (Lipinski definition) is 1. The molecule has 1 aliphatic rings. The van der Waals surface area contributed by atoms with Crippen LogP contribution in [-0.4, -0.2) is 10.7 Å². The van der Waals surface area contributed by atoms with Crippen molar-refractivity contribution in [3.63, 3.8) is 0 Å². The Bertz CT molecular complexity index is 188. The fraction of sp³-hybridized carbons (Fsp3) is 0.800. The van der Waals surface area contributed by atoms with Crippen LogP contribution in [0.3, 0.4) is 0 Å². The first-order chi connectivity index (χ1) is 5.02. The second-order valence-corrected chi connectivity index (χ2v) is 4.15. The van der Waals surface area contributed by atoms with Crippen molar-refractivity contribution in [3.05, 3.63) is 0 Å². The molecule has 1 unspecified atom stereocenters. The van der Waals surface area contributed by atoms with Gasteiger partial charge in [-0.15, -0.1) is 12.3 Å². The molecule has 0 spiro atoms. The second kappa shape index (κ2) is 2.53. The normalized spacial score (nSPS) is 35.1. The van der Waals surface area contributed by atoms with Crippen molar-refractivity contribution >= 4 is 0 Å². The topological polar surface area (TPSA) is 20.2 Å². The van der Waals surface area contributed by atoms with Gasteiger partial charge >= 0.3 is 0 Å². The molecule has 0 heterocycles. The zero-order valence-electron chi connectivity index (χ0n) is 7.35. The third-order valence-corrected chi connectivity index (χ3v) is 3.05. The average Bonchev–Trinajstić information content (AvgIpc) is 2.09. The molecule has 0 aliphatic heterocycles. The molecule has 1 saturated carbocycles. The Morgan fingerprint density at radius 2 is 2.09 bits per heavy atom. The van der Waals surface area contributed by atoms with Gasteiger partial charge < -0.3 is 5.11 Å². The maximum absolute atomic E-state index is 10.1. The Labute approximate surface area is 68.8 Å². The molecule has 1 aliphatic carbocycles. The fourth-order valence-electron chi connectivity index (χ4n) is 1.89. The van der Waals surface area contributed by atoms with Gasteiger partial charge in [-0.2, -0.15) is 0 Å². The quantitative estimate of drug-likeness (QED) is 0.569. The molecular formula is C10H16O. The minimum absolute atomic E-state index is 0.0133. The van der Waals surface area contributed by atoms with Gasteiger partial charge in [0, 0.05) is 6.42 Å². The van der Waals surface area contributed by atoms with Crippen LogP contribution in [0.1, 0.15) is 39.5 Å². The summed E-state index contributed by atoms with van der Waals surface area (Å²) in [4.78, 5) is 0. The summed E-state index contributed by atoms with van der Waals surface area (Å²) in [5.41, 5.74) is -0.582. The molecule has 0 bridgehead atoms. The first-order valence-electron chi connectivity index (χ1n) is 4.18. The number of hydrogen-bond donors (Lipinski definition) is 1. The molecule has 1 heteroatoms. The molecule has 0 aromatic rings. The number of aliphatic hydroxyl groups is 1. The lowest BCUT2D eigenvalue weighted by molar-refractivity contribution is -0.0378. The van der Waals surface area contributed by atoms with E-state index in [4.69, 9.17) is 6.42 Å². The van der Waals surface area contributed by atoms with E-state index >= 15 is 0 Å². The lowest BCUT2D eigenvalue weighted by Crippen LogP contribution is -2.39. The minimum atomic E-state index is -0.595. The summed E-state index contributed by atoms with van der Waals surface area (Å²) in [7, 11) is 0. The van der Waals surface area contributed by atoms with Gasteiger partial charge in [-0.05, 0) is 24.7 Å². The van der Waals surface area contributed by atoms with E-state index in [-0.39, 0.29) is 5.41 Å². The molecule has 11 heavy (non-hydrogen) atoms. The van der Waals surface area contributed by atoms with E-state index in [1.807, 2.05) is 0 Å². The Balaban J connectivity index is 2.77. The van der Waals surface area contributed by atoms with Crippen molar-refractivity contribution < 1.29 is 5.11 Å². The summed E-state index contributed by atoms with van der Waals surface area (Å²) < 4.78 is 0. The van der Waals surface area contributed by atoms with Gasteiger partial charge in [0.2, 0.25) is 0 Å². The van der Waals surface area contributed by atoms with Crippen LogP contribution in [-0.2, 0) is 0 Å². The first kappa shape index (κ1) is 8.62. The number of terminal acetylenes is 1. The molecular weight excluding hydrogens is 136 g/mol. The van der Waals surface area contributed by atoms with Crippen LogP contribution in [0.4, 0.5) is 0 Å². The highest BCUT2D eigenvalue weighted by atomic mass is 16.3. The second-order valence-electron chi connectivity index (χ2n) is 4.15. The van der Waals surface area contributed by atoms with Gasteiger partial charge in [0.15, 0.2) is 0 Å². The van der Waals surface area contributed by atoms with Gasteiger partial charge in [-0.25, -0.2) is 0 Å². The van der Waals surface area contributed by atoms with E-state index < -0.39 is 5.60 Å². The van der Waals surface area contributed by atoms with Crippen molar-refractivity contribution in [1.29, 1.82) is 0 Å². The molecule has 62 valence electrons. The molecule has 1 nitrogen and oxygen atoms in total. The van der Waals surface area contributed by atoms with Crippen molar-refractivity contribution in [2.45, 2.75) is 45.1 Å². The molecule has 1 rings (SSSR count). The van der Waals surface area contributed by atoms with Crippen LogP contribution in [0.15, 0.2) is 0 Å². The highest BCUT2D eigenvalue weighted by Gasteiger charge is 2.46. The van der Waals surface area contributed by atoms with Crippen LogP contribution in [0.5, 0.6) is 0 Å². The Morgan fingerprint density at radius 1 is 1.45 bits per heavy atom. The van der Waals surface area contributed by atoms with Crippen molar-refractivity contribution in [2.75, 3.05) is 0 Å². The van der Waals surface area contributed by atoms with Gasteiger partial charge in [0.1, 0.15) is 0 Å². The van der Waals surface area contributed by atoms with Crippen LogP contribution in [0, 0.1) is 17.8 Å². The van der Waals surface area contributed by atoms with Crippen LogP contribution >= 0.6 is 0 Å². The SMILES string of the molecule is C#CCC1(O)CCCC1(C)C. The molecule has 0 radical (unpaired) electrons. The van der Waals surface area contributed by atoms with Crippen LogP contribution < -0.4 is 0 Å². The maximum Gasteiger partial charge on any atom is 0.0806 e. The average molecular weight is 152 g/mol. The maximum atomic E-state index is 10.1. The zero-order chi connectivity index (χ0) is 8.54. The summed E-state index contributed by atoms with van der Waals surface area (Å²) >= 11 is 0. The summed E-state index contributed by atoms with van der Waals surface area (Å²) in [6.45, 7) is 4.19. The molecule has 1 N–H and O–H groups in total. The molecule has 1 atom stereocenters. The van der Waals surface area contributed by atoms with Gasteiger partial charge in [0.05, 0.1) is 5.60 Å². The Hall–Kier alpha value is -0.480. The summed E-state index contributed by atoms with van der Waals surface area (Å²) in [5, 5.41) is 10.1. The molecule has 0 aromatic carbocycles. The molecule has 1 fully saturated rings. The smallest absolute Gasteiger partial charge is 0.0806 e. The van der Waals surface area contributed by atoms with E-state index in [2.05, 4.69) is 19.8 Å². The van der Waals surface area contributed by atoms with E-state index in [1.54, 1.807) is 0 Å². The minimum Gasteiger partial charge on any atom is -0.388 e. The standard InChI is InChI=1S/C10H16O/c1-4-6-10(11)8-5-7-9(10,2)3/h1,11H,5-8H2,2-3H3. The van der Waals surface area contributed by atoms with E-state index in [9.17, 15) is 5.11 Å². The Morgan fingerprint density at radius 3 is 2.45 bits per heavy atom. The Kier molecular flexibility index (Phi) is 1.98. The predicted molar refractivity (Wildman–Crippen MR) is 46.0 cm³/mol. The van der Waals surface area contributed by atoms with Gasteiger partial charge in [0.25, 0.3) is 0 Å². The van der Waals surface area contributed by atoms with Gasteiger partial charge in [-0.1, -0.05) is 13.8 Å². The molecule has 0 saturated heterocycles. The molecule has 0 aromatic heterocycles. The lowest BCUT2D eigenvalue weighted by Gasteiger charge is -2.35. The van der Waals surface area contributed by atoms with Crippen molar-refractivity contribution in [1.82, 2.24) is 0 Å². The lowest BCUT2D eigenvalue weighted by atomic mass is 9.76. The predicted octanol–water partition coefficient (Wildman–Crippen LogP) is 1.95. The first-order valence-corrected chi connectivity index (χ1v) is 4.18. The largest absolute Gasteiger partial charge is 0.388 e. The van der Waals surface area contributed by atoms with Crippen molar-refractivity contribution in [3.8, 4) is 12.3 Å². The highest BCUT2D eigenvalue weighted by molar-refractivity contribution is 5.05. The monoisotopic (exact) mass is 152 g/mol. The van der Waals surface area contributed by atoms with Gasteiger partial charge in [-0.3, -0.25) is 0 Å². The zero-order valence-corrected chi connectivity index (χ0v) is 7.35. The third kappa shape index (κ3) is 1.28. The fourth-order valence-corrected chi connectivity index (χ4v) is 1.89. The van der Waals surface area contributed by atoms with Crippen molar-refractivity contribution in [2.24, 2.45) is 5.41 Å². The summed E-state index contributed by atoms with van der Waals surface area (Å²) in [6.07, 6.45) is 8.76. The third-order valence-electron chi connectivity index (χ3n) is 3.05. The summed E-state index contributed by atoms with van der Waals surface area (Å²) in [6, 6.07) is 0. The highest BCUT2D eigenvalue weighted by Crippen LogP contribution is 2.47. The van der Waals surface area contributed by atoms with E-state index in [1.165, 1.54) is 0 Å². The summed E-state index contributed by atoms with van der Waals surface area (Å²) in [5.74, 6) is 2.56. The molecule has 0 amide bonds.